The molecule has 1 nitrogen and oxygen atoms in total. The van der Waals surface area contributed by atoms with Crippen molar-refractivity contribution in [1.82, 2.24) is 0 Å². The fraction of sp³-hybridized carbons (Fsp3) is 1.00. The monoisotopic (exact) mass is 210 g/mol. The van der Waals surface area contributed by atoms with Gasteiger partial charge in [-0.25, -0.2) is 0 Å². The van der Waals surface area contributed by atoms with Gasteiger partial charge in [0.25, 0.3) is 0 Å². The maximum absolute atomic E-state index is 8.98. The minimum absolute atomic E-state index is 0.443. The van der Waals surface area contributed by atoms with Crippen LogP contribution >= 0.6 is 0 Å². The quantitative estimate of drug-likeness (QED) is 0.607. The lowest BCUT2D eigenvalue weighted by atomic mass is 10.1. The molecule has 0 bridgehead atoms. The van der Waals surface area contributed by atoms with E-state index in [0.717, 1.165) is 17.8 Å². The van der Waals surface area contributed by atoms with E-state index in [-0.39, 0.29) is 0 Å². The average Bonchev–Trinajstić information content (AvgIpc) is 3.13. The molecule has 0 spiro atoms. The molecule has 2 aliphatic rings. The van der Waals surface area contributed by atoms with Crippen molar-refractivity contribution in [3.63, 3.8) is 0 Å². The maximum Gasteiger partial charge on any atom is 0.0462 e. The molecule has 0 saturated heterocycles. The molecule has 1 N–H and O–H groups in total. The zero-order valence-corrected chi connectivity index (χ0v) is 10.1. The molecule has 88 valence electrons. The molecule has 0 aromatic carbocycles. The highest BCUT2D eigenvalue weighted by Gasteiger charge is 2.44. The van der Waals surface area contributed by atoms with E-state index in [1.54, 1.807) is 0 Å². The Morgan fingerprint density at radius 2 is 1.67 bits per heavy atom. The SMILES string of the molecule is CCCCCCC1CC1CC1CC1CO. The highest BCUT2D eigenvalue weighted by Crippen LogP contribution is 2.53. The Bertz CT molecular complexity index is 190. The lowest BCUT2D eigenvalue weighted by molar-refractivity contribution is 0.266. The third-order valence-electron chi connectivity index (χ3n) is 4.41. The molecular weight excluding hydrogens is 184 g/mol. The van der Waals surface area contributed by atoms with Gasteiger partial charge in [0.2, 0.25) is 0 Å². The summed E-state index contributed by atoms with van der Waals surface area (Å²) in [4.78, 5) is 0. The molecular formula is C14H26O. The molecule has 0 amide bonds. The van der Waals surface area contributed by atoms with Crippen LogP contribution in [0.1, 0.15) is 58.3 Å². The van der Waals surface area contributed by atoms with E-state index < -0.39 is 0 Å². The van der Waals surface area contributed by atoms with Gasteiger partial charge in [-0.2, -0.15) is 0 Å². The fourth-order valence-electron chi connectivity index (χ4n) is 3.00. The van der Waals surface area contributed by atoms with E-state index >= 15 is 0 Å². The smallest absolute Gasteiger partial charge is 0.0462 e. The zero-order chi connectivity index (χ0) is 10.7. The summed E-state index contributed by atoms with van der Waals surface area (Å²) in [7, 11) is 0. The second-order valence-corrected chi connectivity index (χ2v) is 5.78. The molecule has 4 atom stereocenters. The standard InChI is InChI=1S/C14H26O/c1-2-3-4-5-6-11-7-12(11)8-13-9-14(13)10-15/h11-15H,2-10H2,1H3. The molecule has 2 saturated carbocycles. The van der Waals surface area contributed by atoms with Gasteiger partial charge in [-0.05, 0) is 42.9 Å². The largest absolute Gasteiger partial charge is 0.396 e. The van der Waals surface area contributed by atoms with Gasteiger partial charge < -0.3 is 5.11 Å². The fourth-order valence-corrected chi connectivity index (χ4v) is 3.00. The van der Waals surface area contributed by atoms with Crippen LogP contribution in [0.4, 0.5) is 0 Å². The van der Waals surface area contributed by atoms with Crippen molar-refractivity contribution in [2.75, 3.05) is 6.61 Å². The number of rotatable bonds is 8. The van der Waals surface area contributed by atoms with Crippen LogP contribution in [0.25, 0.3) is 0 Å². The van der Waals surface area contributed by atoms with E-state index in [1.165, 1.54) is 51.4 Å². The third kappa shape index (κ3) is 3.48. The van der Waals surface area contributed by atoms with Crippen molar-refractivity contribution >= 4 is 0 Å². The first-order chi connectivity index (χ1) is 7.35. The summed E-state index contributed by atoms with van der Waals surface area (Å²) in [6.07, 6.45) is 11.4. The molecule has 0 heterocycles. The molecule has 4 unspecified atom stereocenters. The number of hydrogen-bond acceptors (Lipinski definition) is 1. The molecule has 2 rings (SSSR count). The van der Waals surface area contributed by atoms with E-state index in [1.807, 2.05) is 0 Å². The molecule has 2 fully saturated rings. The first-order valence-corrected chi connectivity index (χ1v) is 6.96. The van der Waals surface area contributed by atoms with Gasteiger partial charge in [0.05, 0.1) is 0 Å². The van der Waals surface area contributed by atoms with Crippen molar-refractivity contribution < 1.29 is 5.11 Å². The number of hydrogen-bond donors (Lipinski definition) is 1. The summed E-state index contributed by atoms with van der Waals surface area (Å²) >= 11 is 0. The summed E-state index contributed by atoms with van der Waals surface area (Å²) in [5.74, 6) is 3.71. The van der Waals surface area contributed by atoms with Crippen molar-refractivity contribution in [3.8, 4) is 0 Å². The lowest BCUT2D eigenvalue weighted by Gasteiger charge is -2.00. The normalized spacial score (nSPS) is 38.0. The van der Waals surface area contributed by atoms with Crippen LogP contribution in [0.3, 0.4) is 0 Å². The minimum Gasteiger partial charge on any atom is -0.396 e. The van der Waals surface area contributed by atoms with E-state index in [2.05, 4.69) is 6.92 Å². The van der Waals surface area contributed by atoms with Gasteiger partial charge in [-0.3, -0.25) is 0 Å². The van der Waals surface area contributed by atoms with Crippen LogP contribution in [0.5, 0.6) is 0 Å². The van der Waals surface area contributed by atoms with Crippen LogP contribution in [0.15, 0.2) is 0 Å². The number of aliphatic hydroxyl groups excluding tert-OH is 1. The number of aliphatic hydroxyl groups is 1. The van der Waals surface area contributed by atoms with Gasteiger partial charge in [-0.15, -0.1) is 0 Å². The predicted molar refractivity (Wildman–Crippen MR) is 63.7 cm³/mol. The molecule has 0 radical (unpaired) electrons. The lowest BCUT2D eigenvalue weighted by Crippen LogP contribution is -1.91. The Kier molecular flexibility index (Phi) is 4.07. The average molecular weight is 210 g/mol. The summed E-state index contributed by atoms with van der Waals surface area (Å²) in [5, 5.41) is 8.98. The molecule has 0 aliphatic heterocycles. The van der Waals surface area contributed by atoms with Crippen molar-refractivity contribution in [2.24, 2.45) is 23.7 Å². The zero-order valence-electron chi connectivity index (χ0n) is 10.1. The second-order valence-electron chi connectivity index (χ2n) is 5.78. The summed E-state index contributed by atoms with van der Waals surface area (Å²) in [6, 6.07) is 0. The molecule has 1 heteroatoms. The van der Waals surface area contributed by atoms with Crippen molar-refractivity contribution in [3.05, 3.63) is 0 Å². The Morgan fingerprint density at radius 1 is 0.933 bits per heavy atom. The van der Waals surface area contributed by atoms with Crippen LogP contribution in [-0.2, 0) is 0 Å². The topological polar surface area (TPSA) is 20.2 Å². The van der Waals surface area contributed by atoms with Crippen LogP contribution in [-0.4, -0.2) is 11.7 Å². The van der Waals surface area contributed by atoms with Gasteiger partial charge in [0.1, 0.15) is 0 Å². The van der Waals surface area contributed by atoms with E-state index in [9.17, 15) is 0 Å². The summed E-state index contributed by atoms with van der Waals surface area (Å²) in [5.41, 5.74) is 0. The highest BCUT2D eigenvalue weighted by atomic mass is 16.3. The minimum atomic E-state index is 0.443. The molecule has 0 aromatic rings. The maximum atomic E-state index is 8.98. The molecule has 2 aliphatic carbocycles. The van der Waals surface area contributed by atoms with E-state index in [0.29, 0.717) is 12.5 Å². The Morgan fingerprint density at radius 3 is 2.33 bits per heavy atom. The van der Waals surface area contributed by atoms with Gasteiger partial charge in [0, 0.05) is 6.61 Å². The highest BCUT2D eigenvalue weighted by molar-refractivity contribution is 4.94. The Balaban J connectivity index is 1.46. The molecule has 0 aromatic heterocycles. The third-order valence-corrected chi connectivity index (χ3v) is 4.41. The first kappa shape index (κ1) is 11.4. The predicted octanol–water partition coefficient (Wildman–Crippen LogP) is 3.61. The summed E-state index contributed by atoms with van der Waals surface area (Å²) < 4.78 is 0. The van der Waals surface area contributed by atoms with Gasteiger partial charge in [0.15, 0.2) is 0 Å². The van der Waals surface area contributed by atoms with Crippen LogP contribution < -0.4 is 0 Å². The van der Waals surface area contributed by atoms with Crippen LogP contribution in [0.2, 0.25) is 0 Å². The Hall–Kier alpha value is -0.0400. The van der Waals surface area contributed by atoms with Crippen molar-refractivity contribution in [2.45, 2.75) is 58.3 Å². The van der Waals surface area contributed by atoms with Gasteiger partial charge in [-0.1, -0.05) is 39.0 Å². The van der Waals surface area contributed by atoms with Gasteiger partial charge >= 0.3 is 0 Å². The summed E-state index contributed by atoms with van der Waals surface area (Å²) in [6.45, 7) is 2.72. The number of unbranched alkanes of at least 4 members (excludes halogenated alkanes) is 3. The van der Waals surface area contributed by atoms with Crippen LogP contribution in [0, 0.1) is 23.7 Å². The second kappa shape index (κ2) is 5.34. The Labute approximate surface area is 94.3 Å². The van der Waals surface area contributed by atoms with Crippen molar-refractivity contribution in [1.29, 1.82) is 0 Å². The van der Waals surface area contributed by atoms with E-state index in [4.69, 9.17) is 5.11 Å². The molecule has 15 heavy (non-hydrogen) atoms. The first-order valence-electron chi connectivity index (χ1n) is 6.96.